The molecule has 4 atom stereocenters. The largest absolute Gasteiger partial charge is 0.379 e. The molecular weight excluding hydrogens is 244 g/mol. The Bertz CT molecular complexity index is 222. The second kappa shape index (κ2) is 9.70. The summed E-state index contributed by atoms with van der Waals surface area (Å²) in [4.78, 5) is 0. The zero-order valence-corrected chi connectivity index (χ0v) is 12.9. The van der Waals surface area contributed by atoms with Crippen LogP contribution in [0.1, 0.15) is 46.5 Å². The molecule has 0 bridgehead atoms. The third-order valence-electron chi connectivity index (χ3n) is 3.55. The van der Waals surface area contributed by atoms with Crippen LogP contribution in [-0.2, 0) is 18.9 Å². The van der Waals surface area contributed by atoms with Gasteiger partial charge in [0, 0.05) is 20.3 Å². The van der Waals surface area contributed by atoms with Gasteiger partial charge in [-0.2, -0.15) is 0 Å². The standard InChI is InChI=1S/C15H30O4/c1-5-7-9-17-11-13-15(18-10-8-6-2)14(16-4)12(3)19-13/h12-15H,5-11H2,1-4H3/t12?,13-,14+,15-/m1/s1. The molecule has 1 heterocycles. The molecule has 0 radical (unpaired) electrons. The Labute approximate surface area is 117 Å². The molecule has 0 amide bonds. The highest BCUT2D eigenvalue weighted by Gasteiger charge is 2.43. The molecule has 1 unspecified atom stereocenters. The average Bonchev–Trinajstić information content (AvgIpc) is 2.71. The number of rotatable bonds is 10. The van der Waals surface area contributed by atoms with Crippen LogP contribution in [-0.4, -0.2) is 51.3 Å². The number of hydrogen-bond donors (Lipinski definition) is 0. The van der Waals surface area contributed by atoms with E-state index in [4.69, 9.17) is 18.9 Å². The van der Waals surface area contributed by atoms with Crippen LogP contribution < -0.4 is 0 Å². The molecule has 0 aromatic heterocycles. The molecule has 0 N–H and O–H groups in total. The lowest BCUT2D eigenvalue weighted by atomic mass is 10.1. The Morgan fingerprint density at radius 3 is 2.32 bits per heavy atom. The quantitative estimate of drug-likeness (QED) is 0.574. The molecule has 114 valence electrons. The van der Waals surface area contributed by atoms with Crippen LogP contribution in [0.3, 0.4) is 0 Å². The molecule has 0 aromatic carbocycles. The van der Waals surface area contributed by atoms with Gasteiger partial charge in [0.05, 0.1) is 12.7 Å². The maximum atomic E-state index is 5.96. The summed E-state index contributed by atoms with van der Waals surface area (Å²) in [6, 6.07) is 0. The van der Waals surface area contributed by atoms with Gasteiger partial charge in [0.1, 0.15) is 18.3 Å². The fraction of sp³-hybridized carbons (Fsp3) is 1.00. The molecule has 1 aliphatic rings. The summed E-state index contributed by atoms with van der Waals surface area (Å²) >= 11 is 0. The van der Waals surface area contributed by atoms with Crippen molar-refractivity contribution in [1.82, 2.24) is 0 Å². The highest BCUT2D eigenvalue weighted by molar-refractivity contribution is 4.91. The van der Waals surface area contributed by atoms with Gasteiger partial charge >= 0.3 is 0 Å². The van der Waals surface area contributed by atoms with Crippen LogP contribution in [0.4, 0.5) is 0 Å². The van der Waals surface area contributed by atoms with Gasteiger partial charge in [-0.3, -0.25) is 0 Å². The summed E-state index contributed by atoms with van der Waals surface area (Å²) in [6.07, 6.45) is 4.52. The lowest BCUT2D eigenvalue weighted by Gasteiger charge is -2.23. The number of unbranched alkanes of at least 4 members (excludes halogenated alkanes) is 2. The van der Waals surface area contributed by atoms with E-state index in [0.29, 0.717) is 6.61 Å². The maximum absolute atomic E-state index is 5.96. The minimum absolute atomic E-state index is 0.00587. The van der Waals surface area contributed by atoms with Gasteiger partial charge in [-0.05, 0) is 19.8 Å². The summed E-state index contributed by atoms with van der Waals surface area (Å²) in [5.74, 6) is 0. The summed E-state index contributed by atoms with van der Waals surface area (Å²) < 4.78 is 23.1. The van der Waals surface area contributed by atoms with E-state index in [1.54, 1.807) is 7.11 Å². The highest BCUT2D eigenvalue weighted by Crippen LogP contribution is 2.26. The summed E-state index contributed by atoms with van der Waals surface area (Å²) in [6.45, 7) is 8.52. The summed E-state index contributed by atoms with van der Waals surface area (Å²) in [5.41, 5.74) is 0. The van der Waals surface area contributed by atoms with Crippen molar-refractivity contribution in [3.63, 3.8) is 0 Å². The molecule has 4 nitrogen and oxygen atoms in total. The second-order valence-electron chi connectivity index (χ2n) is 5.20. The first-order valence-electron chi connectivity index (χ1n) is 7.62. The van der Waals surface area contributed by atoms with Gasteiger partial charge < -0.3 is 18.9 Å². The monoisotopic (exact) mass is 274 g/mol. The number of hydrogen-bond acceptors (Lipinski definition) is 4. The maximum Gasteiger partial charge on any atom is 0.115 e. The molecule has 1 saturated heterocycles. The normalized spacial score (nSPS) is 30.9. The van der Waals surface area contributed by atoms with Gasteiger partial charge in [-0.25, -0.2) is 0 Å². The van der Waals surface area contributed by atoms with E-state index < -0.39 is 0 Å². The van der Waals surface area contributed by atoms with E-state index in [1.807, 2.05) is 6.92 Å². The van der Waals surface area contributed by atoms with Crippen molar-refractivity contribution >= 4 is 0 Å². The predicted octanol–water partition coefficient (Wildman–Crippen LogP) is 2.79. The van der Waals surface area contributed by atoms with Crippen molar-refractivity contribution in [2.45, 2.75) is 70.9 Å². The van der Waals surface area contributed by atoms with E-state index in [1.165, 1.54) is 0 Å². The van der Waals surface area contributed by atoms with Crippen molar-refractivity contribution in [3.8, 4) is 0 Å². The molecule has 0 aromatic rings. The summed E-state index contributed by atoms with van der Waals surface area (Å²) in [7, 11) is 1.72. The second-order valence-corrected chi connectivity index (χ2v) is 5.20. The molecule has 0 spiro atoms. The highest BCUT2D eigenvalue weighted by atomic mass is 16.6. The fourth-order valence-corrected chi connectivity index (χ4v) is 2.38. The molecule has 0 saturated carbocycles. The Balaban J connectivity index is 2.41. The molecular formula is C15H30O4. The first kappa shape index (κ1) is 16.9. The number of methoxy groups -OCH3 is 1. The van der Waals surface area contributed by atoms with E-state index in [2.05, 4.69) is 13.8 Å². The molecule has 1 aliphatic heterocycles. The molecule has 4 heteroatoms. The zero-order valence-electron chi connectivity index (χ0n) is 12.9. The molecule has 1 fully saturated rings. The minimum atomic E-state index is -0.00632. The van der Waals surface area contributed by atoms with Crippen molar-refractivity contribution in [1.29, 1.82) is 0 Å². The first-order valence-corrected chi connectivity index (χ1v) is 7.62. The topological polar surface area (TPSA) is 36.9 Å². The smallest absolute Gasteiger partial charge is 0.115 e. The average molecular weight is 274 g/mol. The third-order valence-corrected chi connectivity index (χ3v) is 3.55. The zero-order chi connectivity index (χ0) is 14.1. The Morgan fingerprint density at radius 1 is 1.00 bits per heavy atom. The Kier molecular flexibility index (Phi) is 8.62. The number of ether oxygens (including phenoxy) is 4. The van der Waals surface area contributed by atoms with E-state index in [-0.39, 0.29) is 24.4 Å². The van der Waals surface area contributed by atoms with Crippen LogP contribution in [0.15, 0.2) is 0 Å². The van der Waals surface area contributed by atoms with Crippen molar-refractivity contribution in [2.24, 2.45) is 0 Å². The van der Waals surface area contributed by atoms with Crippen LogP contribution in [0.5, 0.6) is 0 Å². The van der Waals surface area contributed by atoms with Crippen LogP contribution in [0, 0.1) is 0 Å². The molecule has 1 rings (SSSR count). The summed E-state index contributed by atoms with van der Waals surface area (Å²) in [5, 5.41) is 0. The van der Waals surface area contributed by atoms with Gasteiger partial charge in [0.2, 0.25) is 0 Å². The molecule has 19 heavy (non-hydrogen) atoms. The minimum Gasteiger partial charge on any atom is -0.379 e. The van der Waals surface area contributed by atoms with Crippen molar-refractivity contribution < 1.29 is 18.9 Å². The third kappa shape index (κ3) is 5.38. The van der Waals surface area contributed by atoms with Crippen LogP contribution >= 0.6 is 0 Å². The van der Waals surface area contributed by atoms with E-state index in [9.17, 15) is 0 Å². The van der Waals surface area contributed by atoms with E-state index >= 15 is 0 Å². The van der Waals surface area contributed by atoms with Crippen molar-refractivity contribution in [3.05, 3.63) is 0 Å². The van der Waals surface area contributed by atoms with Crippen LogP contribution in [0.25, 0.3) is 0 Å². The fourth-order valence-electron chi connectivity index (χ4n) is 2.38. The lowest BCUT2D eigenvalue weighted by molar-refractivity contribution is -0.0726. The van der Waals surface area contributed by atoms with Crippen LogP contribution in [0.2, 0.25) is 0 Å². The van der Waals surface area contributed by atoms with E-state index in [0.717, 1.165) is 38.9 Å². The van der Waals surface area contributed by atoms with Gasteiger partial charge in [-0.1, -0.05) is 26.7 Å². The Hall–Kier alpha value is -0.160. The van der Waals surface area contributed by atoms with Crippen molar-refractivity contribution in [2.75, 3.05) is 26.9 Å². The SMILES string of the molecule is CCCCOC[C@H]1OC(C)[C@H](OC)[C@@H]1OCCCC. The molecule has 0 aliphatic carbocycles. The predicted molar refractivity (Wildman–Crippen MR) is 75.5 cm³/mol. The van der Waals surface area contributed by atoms with Gasteiger partial charge in [0.15, 0.2) is 0 Å². The Morgan fingerprint density at radius 2 is 1.68 bits per heavy atom. The van der Waals surface area contributed by atoms with Gasteiger partial charge in [0.25, 0.3) is 0 Å². The lowest BCUT2D eigenvalue weighted by Crippen LogP contribution is -2.38. The first-order chi connectivity index (χ1) is 9.24. The van der Waals surface area contributed by atoms with Gasteiger partial charge in [-0.15, -0.1) is 0 Å².